The Kier molecular flexibility index (Phi) is 10.6. The molecule has 3 aromatic carbocycles. The minimum Gasteiger partial charge on any atom is -0.860 e. The molecule has 16 heteroatoms. The topological polar surface area (TPSA) is 151 Å². The van der Waals surface area contributed by atoms with Crippen molar-refractivity contribution in [1.29, 1.82) is 0 Å². The molecule has 58 heavy (non-hydrogen) atoms. The number of H-pyrrole nitrogens is 2. The van der Waals surface area contributed by atoms with Gasteiger partial charge in [-0.1, -0.05) is 36.4 Å². The van der Waals surface area contributed by atoms with Crippen molar-refractivity contribution >= 4 is 24.8 Å². The second kappa shape index (κ2) is 15.8. The highest BCUT2D eigenvalue weighted by molar-refractivity contribution is 7.80. The summed E-state index contributed by atoms with van der Waals surface area (Å²) < 4.78 is 37.5. The summed E-state index contributed by atoms with van der Waals surface area (Å²) >= 11 is 10.2. The van der Waals surface area contributed by atoms with E-state index in [1.807, 2.05) is 10.6 Å². The summed E-state index contributed by atoms with van der Waals surface area (Å²) in [6, 6.07) is 21.5. The average molecular weight is 825 g/mol. The molecule has 4 unspecified atom stereocenters. The molecule has 12 nitrogen and oxygen atoms in total. The lowest BCUT2D eigenvalue weighted by Gasteiger charge is -2.40. The zero-order valence-electron chi connectivity index (χ0n) is 31.2. The number of aromatic amines is 2. The lowest BCUT2D eigenvalue weighted by Crippen LogP contribution is -3.13. The van der Waals surface area contributed by atoms with Crippen molar-refractivity contribution < 1.29 is 23.5 Å². The van der Waals surface area contributed by atoms with Crippen LogP contribution in [-0.4, -0.2) is 43.9 Å². The quantitative estimate of drug-likeness (QED) is 0.0943. The summed E-state index contributed by atoms with van der Waals surface area (Å²) in [5.41, 5.74) is 0.127. The summed E-state index contributed by atoms with van der Waals surface area (Å²) in [6.07, 6.45) is 0.971. The van der Waals surface area contributed by atoms with Gasteiger partial charge in [-0.25, -0.2) is 13.6 Å². The van der Waals surface area contributed by atoms with Crippen LogP contribution in [-0.2, 0) is 26.2 Å². The van der Waals surface area contributed by atoms with Crippen molar-refractivity contribution in [2.24, 2.45) is 5.92 Å². The van der Waals surface area contributed by atoms with Crippen molar-refractivity contribution in [3.8, 4) is 11.6 Å². The van der Waals surface area contributed by atoms with E-state index < -0.39 is 40.2 Å². The Bertz CT molecular complexity index is 2730. The fourth-order valence-electron chi connectivity index (χ4n) is 8.62. The Hall–Kier alpha value is -5.84. The summed E-state index contributed by atoms with van der Waals surface area (Å²) in [4.78, 5) is 60.4. The number of likely N-dealkylation sites (tertiary alicyclic amines) is 1. The fraction of sp³-hybridized carbons (Fsp3) is 0.262. The van der Waals surface area contributed by atoms with Gasteiger partial charge >= 0.3 is 5.69 Å². The molecule has 1 fully saturated rings. The van der Waals surface area contributed by atoms with Gasteiger partial charge < -0.3 is 23.9 Å². The van der Waals surface area contributed by atoms with E-state index in [9.17, 15) is 33.1 Å². The third kappa shape index (κ3) is 7.50. The van der Waals surface area contributed by atoms with Gasteiger partial charge in [0.05, 0.1) is 37.3 Å². The fourth-order valence-corrected chi connectivity index (χ4v) is 9.25. The summed E-state index contributed by atoms with van der Waals surface area (Å²) in [7, 11) is 1.54. The number of nitrogens with one attached hydrogen (secondary N) is 3. The number of methoxy groups -OCH3 is 1. The zero-order chi connectivity index (χ0) is 40.8. The highest BCUT2D eigenvalue weighted by Crippen LogP contribution is 2.37. The van der Waals surface area contributed by atoms with Crippen molar-refractivity contribution in [3.05, 3.63) is 182 Å². The first kappa shape index (κ1) is 39.0. The van der Waals surface area contributed by atoms with Crippen LogP contribution in [0.1, 0.15) is 57.3 Å². The van der Waals surface area contributed by atoms with Gasteiger partial charge in [-0.2, -0.15) is 0 Å². The van der Waals surface area contributed by atoms with Gasteiger partial charge in [0.2, 0.25) is 0 Å². The Balaban J connectivity index is 1.28. The molecule has 6 aromatic rings. The highest BCUT2D eigenvalue weighted by atomic mass is 32.1. The first-order chi connectivity index (χ1) is 27.9. The molecule has 4 atom stereocenters. The molecule has 8 rings (SSSR count). The first-order valence-electron chi connectivity index (χ1n) is 18.7. The normalized spacial score (nSPS) is 17.8. The lowest BCUT2D eigenvalue weighted by molar-refractivity contribution is -0.924. The summed E-state index contributed by atoms with van der Waals surface area (Å²) in [5, 5.41) is 14.5. The van der Waals surface area contributed by atoms with Crippen LogP contribution in [0.25, 0.3) is 0 Å². The lowest BCUT2D eigenvalue weighted by atomic mass is 9.82. The van der Waals surface area contributed by atoms with Crippen LogP contribution in [0.15, 0.2) is 109 Å². The molecule has 0 aliphatic carbocycles. The summed E-state index contributed by atoms with van der Waals surface area (Å²) in [5.74, 6) is -2.15. The van der Waals surface area contributed by atoms with E-state index >= 15 is 0 Å². The molecule has 2 bridgehead atoms. The van der Waals surface area contributed by atoms with Gasteiger partial charge in [0.1, 0.15) is 23.9 Å². The third-order valence-electron chi connectivity index (χ3n) is 11.2. The number of hydrogen-bond acceptors (Lipinski definition) is 8. The minimum absolute atomic E-state index is 0.00519. The second-order valence-electron chi connectivity index (χ2n) is 14.9. The molecule has 298 valence electrons. The molecular weight excluding hydrogens is 787 g/mol. The van der Waals surface area contributed by atoms with Crippen molar-refractivity contribution in [1.82, 2.24) is 23.7 Å². The number of thiol groups is 1. The number of aromatic nitrogens is 5. The van der Waals surface area contributed by atoms with E-state index in [1.165, 1.54) is 58.0 Å². The number of nitrogens with zero attached hydrogens (tertiary/aromatic N) is 3. The van der Waals surface area contributed by atoms with Crippen molar-refractivity contribution in [2.75, 3.05) is 20.2 Å². The van der Waals surface area contributed by atoms with E-state index in [0.717, 1.165) is 35.3 Å². The highest BCUT2D eigenvalue weighted by Gasteiger charge is 2.38. The number of benzene rings is 3. The largest absolute Gasteiger partial charge is 0.860 e. The standard InChI is InChI=1S/C42H38F2N6O6S2/c1-56-32-14-9-26(16-28(32)22-47-17-25-15-27(21-47)31-3-2-4-33(51)48(31)20-25)34(35-37(52)46-42(58)49(39(35)54)18-23-5-10-29(43)11-6-23)36-38(53)45-41(55)50(40(36)57)19-24-7-12-30(44)13-8-24/h2-14,16,25,27,34,54,57H,15,17-22H2,1H3,(H,45,53,55)(H,46,52,58). The number of hydrogen-bond donors (Lipinski definition) is 4. The van der Waals surface area contributed by atoms with Gasteiger partial charge in [0, 0.05) is 53.7 Å². The molecular formula is C42H38F2N6O6S2. The van der Waals surface area contributed by atoms with Crippen LogP contribution >= 0.6 is 24.8 Å². The predicted octanol–water partition coefficient (Wildman–Crippen LogP) is 3.05. The zero-order valence-corrected chi connectivity index (χ0v) is 32.9. The molecule has 3 N–H and O–H groups in total. The van der Waals surface area contributed by atoms with Crippen LogP contribution in [0.2, 0.25) is 0 Å². The van der Waals surface area contributed by atoms with Crippen LogP contribution in [0.4, 0.5) is 8.78 Å². The minimum atomic E-state index is -1.39. The molecule has 0 saturated carbocycles. The first-order valence-corrected chi connectivity index (χ1v) is 19.5. The maximum Gasteiger partial charge on any atom is 0.329 e. The van der Waals surface area contributed by atoms with Gasteiger partial charge in [-0.15, -0.1) is 12.6 Å². The van der Waals surface area contributed by atoms with Gasteiger partial charge in [-0.05, 0) is 83.7 Å². The van der Waals surface area contributed by atoms with Crippen LogP contribution in [0.5, 0.6) is 11.6 Å². The molecule has 2 aliphatic heterocycles. The molecule has 3 aromatic heterocycles. The molecule has 0 amide bonds. The van der Waals surface area contributed by atoms with Crippen LogP contribution < -0.4 is 37.1 Å². The third-order valence-corrected chi connectivity index (χ3v) is 12.0. The van der Waals surface area contributed by atoms with E-state index in [2.05, 4.69) is 9.97 Å². The maximum atomic E-state index is 14.6. The van der Waals surface area contributed by atoms with E-state index in [4.69, 9.17) is 29.6 Å². The molecule has 1 saturated heterocycles. The van der Waals surface area contributed by atoms with Crippen molar-refractivity contribution in [3.63, 3.8) is 0 Å². The Morgan fingerprint density at radius 1 is 0.879 bits per heavy atom. The number of ether oxygens (including phenoxy) is 1. The van der Waals surface area contributed by atoms with Gasteiger partial charge in [-0.3, -0.25) is 28.9 Å². The molecule has 2 aliphatic rings. The number of pyridine rings is 1. The number of rotatable bonds is 10. The smallest absolute Gasteiger partial charge is 0.329 e. The second-order valence-corrected chi connectivity index (χ2v) is 15.7. The summed E-state index contributed by atoms with van der Waals surface area (Å²) in [6.45, 7) is 2.41. The van der Waals surface area contributed by atoms with E-state index in [0.29, 0.717) is 35.5 Å². The number of quaternary nitrogens is 1. The number of piperidine rings is 1. The van der Waals surface area contributed by atoms with E-state index in [-0.39, 0.29) is 51.4 Å². The average Bonchev–Trinajstić information content (AvgIpc) is 3.19. The molecule has 0 spiro atoms. The monoisotopic (exact) mass is 824 g/mol. The Labute approximate surface area is 340 Å². The van der Waals surface area contributed by atoms with Gasteiger partial charge in [0.15, 0.2) is 4.77 Å². The molecule has 5 heterocycles. The van der Waals surface area contributed by atoms with Crippen molar-refractivity contribution in [2.45, 2.75) is 49.5 Å². The SMILES string of the molecule is COc1ccc(C(c2c(S)n(Cc3ccc(F)cc3)c(=O)[nH]c2=O)c2c([O-])n(Cc3ccc(F)cc3)c(=S)[nH]c2=O)cc1C[NH+]1CC2CC(C1)c1cccc(=O)n1C2. The number of halogens is 2. The molecule has 0 radical (unpaired) electrons. The van der Waals surface area contributed by atoms with Gasteiger partial charge in [0.25, 0.3) is 16.7 Å². The Morgan fingerprint density at radius 3 is 2.21 bits per heavy atom. The Morgan fingerprint density at radius 2 is 1.53 bits per heavy atom. The van der Waals surface area contributed by atoms with Crippen LogP contribution in [0.3, 0.4) is 0 Å². The maximum absolute atomic E-state index is 14.6. The van der Waals surface area contributed by atoms with E-state index in [1.54, 1.807) is 37.4 Å². The predicted molar refractivity (Wildman–Crippen MR) is 215 cm³/mol. The number of fused-ring (bicyclic) bond motifs is 4. The van der Waals surface area contributed by atoms with Crippen LogP contribution in [0, 0.1) is 22.3 Å².